The molecule has 2 aromatic rings. The van der Waals surface area contributed by atoms with Gasteiger partial charge in [0.1, 0.15) is 10.0 Å². The predicted octanol–water partition coefficient (Wildman–Crippen LogP) is 1.71. The minimum Gasteiger partial charge on any atom is -0.266 e. The van der Waals surface area contributed by atoms with Crippen molar-refractivity contribution in [1.29, 1.82) is 0 Å². The first kappa shape index (κ1) is 11.0. The van der Waals surface area contributed by atoms with Crippen LogP contribution in [0.4, 0.5) is 0 Å². The van der Waals surface area contributed by atoms with E-state index in [0.717, 1.165) is 4.52 Å². The van der Waals surface area contributed by atoms with Gasteiger partial charge in [0.05, 0.1) is 11.4 Å². The summed E-state index contributed by atoms with van der Waals surface area (Å²) in [7, 11) is 0. The van der Waals surface area contributed by atoms with Crippen LogP contribution in [0.2, 0.25) is 10.0 Å². The molecule has 2 rings (SSSR count). The van der Waals surface area contributed by atoms with Crippen LogP contribution >= 0.6 is 39.1 Å². The lowest BCUT2D eigenvalue weighted by Crippen LogP contribution is -2.21. The molecule has 0 radical (unpaired) electrons. The van der Waals surface area contributed by atoms with Crippen LogP contribution in [0.5, 0.6) is 0 Å². The van der Waals surface area contributed by atoms with Crippen molar-refractivity contribution in [1.82, 2.24) is 9.03 Å². The van der Waals surface area contributed by atoms with E-state index in [2.05, 4.69) is 15.9 Å². The third-order valence-electron chi connectivity index (χ3n) is 2.23. The summed E-state index contributed by atoms with van der Waals surface area (Å²) in [6, 6.07) is 0. The van der Waals surface area contributed by atoms with Crippen LogP contribution in [0.25, 0.3) is 0 Å². The summed E-state index contributed by atoms with van der Waals surface area (Å²) in [6.07, 6.45) is 0. The number of fused-ring (bicyclic) bond motifs is 1. The fourth-order valence-electron chi connectivity index (χ4n) is 1.51. The van der Waals surface area contributed by atoms with Gasteiger partial charge < -0.3 is 0 Å². The van der Waals surface area contributed by atoms with Crippen LogP contribution < -0.4 is 11.1 Å². The van der Waals surface area contributed by atoms with Gasteiger partial charge in [-0.1, -0.05) is 39.1 Å². The van der Waals surface area contributed by atoms with E-state index >= 15 is 0 Å². The zero-order valence-corrected chi connectivity index (χ0v) is 10.6. The highest BCUT2D eigenvalue weighted by atomic mass is 79.9. The van der Waals surface area contributed by atoms with Crippen LogP contribution in [0.1, 0.15) is 11.4 Å². The average Bonchev–Trinajstić information content (AvgIpc) is 2.59. The SMILES string of the molecule is Cc1c(Cl)c(=O)n2c(=O)c(Cl)c(CBr)n12. The quantitative estimate of drug-likeness (QED) is 0.752. The summed E-state index contributed by atoms with van der Waals surface area (Å²) in [5.41, 5.74) is -0.0253. The van der Waals surface area contributed by atoms with E-state index in [1.807, 2.05) is 0 Å². The van der Waals surface area contributed by atoms with Crippen LogP contribution in [-0.4, -0.2) is 9.03 Å². The van der Waals surface area contributed by atoms with E-state index in [4.69, 9.17) is 23.2 Å². The van der Waals surface area contributed by atoms with Crippen molar-refractivity contribution >= 4 is 39.1 Å². The Morgan fingerprint density at radius 2 is 1.67 bits per heavy atom. The van der Waals surface area contributed by atoms with E-state index < -0.39 is 11.1 Å². The van der Waals surface area contributed by atoms with Crippen molar-refractivity contribution in [2.24, 2.45) is 0 Å². The summed E-state index contributed by atoms with van der Waals surface area (Å²) in [6.45, 7) is 1.66. The highest BCUT2D eigenvalue weighted by molar-refractivity contribution is 9.08. The van der Waals surface area contributed by atoms with Gasteiger partial charge in [0.25, 0.3) is 11.1 Å². The average molecular weight is 312 g/mol. The Labute approximate surface area is 102 Å². The van der Waals surface area contributed by atoms with Crippen molar-refractivity contribution in [3.8, 4) is 0 Å². The maximum absolute atomic E-state index is 11.6. The second-order valence-corrected chi connectivity index (χ2v) is 4.34. The lowest BCUT2D eigenvalue weighted by atomic mass is 10.4. The van der Waals surface area contributed by atoms with Gasteiger partial charge in [-0.15, -0.1) is 0 Å². The molecule has 0 atom stereocenters. The highest BCUT2D eigenvalue weighted by Crippen LogP contribution is 2.19. The maximum atomic E-state index is 11.6. The lowest BCUT2D eigenvalue weighted by molar-refractivity contribution is 0.766. The van der Waals surface area contributed by atoms with Crippen LogP contribution in [0.3, 0.4) is 0 Å². The Hall–Kier alpha value is -0.520. The largest absolute Gasteiger partial charge is 0.293 e. The normalized spacial score (nSPS) is 11.5. The molecule has 0 saturated heterocycles. The van der Waals surface area contributed by atoms with Crippen molar-refractivity contribution < 1.29 is 0 Å². The molecule has 0 aromatic carbocycles. The zero-order chi connectivity index (χ0) is 11.3. The fourth-order valence-corrected chi connectivity index (χ4v) is 2.58. The Morgan fingerprint density at radius 1 is 1.13 bits per heavy atom. The third kappa shape index (κ3) is 1.26. The van der Waals surface area contributed by atoms with Crippen LogP contribution in [0, 0.1) is 6.92 Å². The molecule has 0 amide bonds. The number of rotatable bonds is 1. The summed E-state index contributed by atoms with van der Waals surface area (Å²) in [5, 5.41) is 0.470. The molecule has 0 aliphatic heterocycles. The smallest absolute Gasteiger partial charge is 0.266 e. The fraction of sp³-hybridized carbons (Fsp3) is 0.250. The number of alkyl halides is 1. The first-order valence-electron chi connectivity index (χ1n) is 4.00. The molecule has 0 aliphatic carbocycles. The number of aromatic nitrogens is 2. The minimum atomic E-state index is -0.536. The second-order valence-electron chi connectivity index (χ2n) is 3.03. The van der Waals surface area contributed by atoms with E-state index in [-0.39, 0.29) is 10.0 Å². The molecule has 4 nitrogen and oxygen atoms in total. The molecule has 7 heteroatoms. The van der Waals surface area contributed by atoms with Crippen molar-refractivity contribution in [3.05, 3.63) is 42.1 Å². The molecule has 0 saturated carbocycles. The molecule has 2 heterocycles. The second kappa shape index (κ2) is 3.50. The van der Waals surface area contributed by atoms with Gasteiger partial charge in [0.15, 0.2) is 0 Å². The van der Waals surface area contributed by atoms with Gasteiger partial charge in [-0.3, -0.25) is 9.59 Å². The Balaban J connectivity index is 3.17. The van der Waals surface area contributed by atoms with E-state index in [0.29, 0.717) is 16.7 Å². The molecule has 15 heavy (non-hydrogen) atoms. The Bertz CT molecular complexity index is 646. The molecular weight excluding hydrogens is 307 g/mol. The summed E-state index contributed by atoms with van der Waals surface area (Å²) < 4.78 is 2.38. The zero-order valence-electron chi connectivity index (χ0n) is 7.55. The van der Waals surface area contributed by atoms with Gasteiger partial charge in [-0.2, -0.15) is 4.52 Å². The van der Waals surface area contributed by atoms with E-state index in [1.54, 1.807) is 6.92 Å². The van der Waals surface area contributed by atoms with E-state index in [9.17, 15) is 9.59 Å². The van der Waals surface area contributed by atoms with Gasteiger partial charge >= 0.3 is 0 Å². The summed E-state index contributed by atoms with van der Waals surface area (Å²) in [4.78, 5) is 23.2. The van der Waals surface area contributed by atoms with Gasteiger partial charge in [-0.25, -0.2) is 4.52 Å². The van der Waals surface area contributed by atoms with Gasteiger partial charge in [-0.05, 0) is 6.92 Å². The Morgan fingerprint density at radius 3 is 2.20 bits per heavy atom. The van der Waals surface area contributed by atoms with E-state index in [1.165, 1.54) is 4.52 Å². The number of hydrogen-bond donors (Lipinski definition) is 0. The van der Waals surface area contributed by atoms with Crippen molar-refractivity contribution in [3.63, 3.8) is 0 Å². The number of aryl methyl sites for hydroxylation is 1. The lowest BCUT2D eigenvalue weighted by Gasteiger charge is -1.96. The van der Waals surface area contributed by atoms with Gasteiger partial charge in [0, 0.05) is 5.33 Å². The first-order valence-corrected chi connectivity index (χ1v) is 5.88. The van der Waals surface area contributed by atoms with Crippen LogP contribution in [-0.2, 0) is 5.33 Å². The van der Waals surface area contributed by atoms with Crippen molar-refractivity contribution in [2.45, 2.75) is 12.3 Å². The number of nitrogens with zero attached hydrogens (tertiary/aromatic N) is 2. The molecule has 2 aromatic heterocycles. The summed E-state index contributed by atoms with van der Waals surface area (Å²) in [5.74, 6) is 0. The molecule has 80 valence electrons. The maximum Gasteiger partial charge on any atom is 0.293 e. The molecule has 0 N–H and O–H groups in total. The number of halogens is 3. The number of hydrogen-bond acceptors (Lipinski definition) is 2. The first-order chi connectivity index (χ1) is 7.00. The molecule has 0 bridgehead atoms. The molecule has 0 spiro atoms. The standard InChI is InChI=1S/C8H5BrCl2N2O2/c1-3-5(10)7(14)13-8(15)6(11)4(2-9)12(3)13/h2H2,1H3. The highest BCUT2D eigenvalue weighted by Gasteiger charge is 2.21. The van der Waals surface area contributed by atoms with Gasteiger partial charge in [0.2, 0.25) is 0 Å². The van der Waals surface area contributed by atoms with Crippen LogP contribution in [0.15, 0.2) is 9.59 Å². The monoisotopic (exact) mass is 310 g/mol. The predicted molar refractivity (Wildman–Crippen MR) is 62.0 cm³/mol. The minimum absolute atomic E-state index is 0.0451. The summed E-state index contributed by atoms with van der Waals surface area (Å²) >= 11 is 14.8. The molecule has 0 unspecified atom stereocenters. The molecular formula is C8H5BrCl2N2O2. The third-order valence-corrected chi connectivity index (χ3v) is 3.58. The van der Waals surface area contributed by atoms with Crippen molar-refractivity contribution in [2.75, 3.05) is 0 Å². The topological polar surface area (TPSA) is 43.0 Å². The Kier molecular flexibility index (Phi) is 2.56. The molecule has 0 fully saturated rings. The molecule has 0 aliphatic rings.